The number of likely N-dealkylation sites (tertiary alicyclic amines) is 1. The Labute approximate surface area is 169 Å². The molecule has 9 nitrogen and oxygen atoms in total. The molecule has 2 aromatic rings. The monoisotopic (exact) mass is 426 g/mol. The summed E-state index contributed by atoms with van der Waals surface area (Å²) in [5, 5.41) is 6.20. The third-order valence-corrected chi connectivity index (χ3v) is 4.94. The first-order valence-electron chi connectivity index (χ1n) is 9.48. The van der Waals surface area contributed by atoms with Gasteiger partial charge in [0.2, 0.25) is 17.7 Å². The van der Waals surface area contributed by atoms with Crippen molar-refractivity contribution in [3.8, 4) is 0 Å². The number of nitrogens with one attached hydrogen (secondary N) is 1. The first kappa shape index (κ1) is 21.7. The van der Waals surface area contributed by atoms with Crippen molar-refractivity contribution >= 4 is 23.5 Å². The fourth-order valence-electron chi connectivity index (χ4n) is 3.35. The molecule has 0 unspecified atom stereocenters. The molecule has 0 saturated carbocycles. The number of rotatable bonds is 7. The number of carbonyl (C=O) groups excluding carboxylic acids is 3. The number of aromatic nitrogens is 4. The molecule has 0 bridgehead atoms. The van der Waals surface area contributed by atoms with Crippen molar-refractivity contribution in [2.45, 2.75) is 52.1 Å². The highest BCUT2D eigenvalue weighted by Gasteiger charge is 2.37. The molecule has 3 amide bonds. The lowest BCUT2D eigenvalue weighted by molar-refractivity contribution is -0.145. The third-order valence-electron chi connectivity index (χ3n) is 4.94. The lowest BCUT2D eigenvalue weighted by Crippen LogP contribution is -2.33. The number of carbonyl (C=O) groups is 3. The van der Waals surface area contributed by atoms with Crippen LogP contribution in [0.25, 0.3) is 5.78 Å². The van der Waals surface area contributed by atoms with Gasteiger partial charge in [-0.25, -0.2) is 9.50 Å². The Morgan fingerprint density at radius 1 is 1.13 bits per heavy atom. The smallest absolute Gasteiger partial charge is 0.356 e. The van der Waals surface area contributed by atoms with Crippen LogP contribution in [-0.2, 0) is 27.0 Å². The van der Waals surface area contributed by atoms with E-state index < -0.39 is 12.0 Å². The molecular formula is C18H21F3N6O3. The van der Waals surface area contributed by atoms with Crippen LogP contribution in [0, 0.1) is 13.8 Å². The van der Waals surface area contributed by atoms with Crippen LogP contribution in [0.3, 0.4) is 0 Å². The van der Waals surface area contributed by atoms with Gasteiger partial charge < -0.3 is 5.32 Å². The van der Waals surface area contributed by atoms with Crippen LogP contribution in [-0.4, -0.2) is 55.3 Å². The second-order valence-corrected chi connectivity index (χ2v) is 7.05. The van der Waals surface area contributed by atoms with E-state index in [1.807, 2.05) is 0 Å². The molecule has 0 radical (unpaired) electrons. The zero-order chi connectivity index (χ0) is 22.1. The minimum absolute atomic E-state index is 0.108. The number of hydrogen-bond donors (Lipinski definition) is 1. The van der Waals surface area contributed by atoms with Crippen molar-refractivity contribution < 1.29 is 27.6 Å². The molecule has 3 heterocycles. The summed E-state index contributed by atoms with van der Waals surface area (Å²) in [6.45, 7) is 3.83. The molecule has 1 aliphatic rings. The Kier molecular flexibility index (Phi) is 6.04. The number of nitrogens with zero attached hydrogens (tertiary/aromatic N) is 5. The Morgan fingerprint density at radius 3 is 2.43 bits per heavy atom. The molecule has 0 spiro atoms. The number of hydrogen-bond acceptors (Lipinski definition) is 6. The van der Waals surface area contributed by atoms with Gasteiger partial charge in [0.25, 0.3) is 11.6 Å². The van der Waals surface area contributed by atoms with Gasteiger partial charge in [-0.1, -0.05) is 0 Å². The zero-order valence-corrected chi connectivity index (χ0v) is 16.5. The molecule has 1 N–H and O–H groups in total. The van der Waals surface area contributed by atoms with Gasteiger partial charge in [-0.05, 0) is 32.3 Å². The van der Waals surface area contributed by atoms with Gasteiger partial charge in [0, 0.05) is 43.7 Å². The first-order valence-corrected chi connectivity index (χ1v) is 9.48. The maximum Gasteiger partial charge on any atom is 0.453 e. The van der Waals surface area contributed by atoms with Crippen molar-refractivity contribution in [3.05, 3.63) is 22.8 Å². The van der Waals surface area contributed by atoms with Crippen LogP contribution < -0.4 is 5.32 Å². The molecular weight excluding hydrogens is 405 g/mol. The highest BCUT2D eigenvalue weighted by atomic mass is 19.4. The number of halogens is 3. The summed E-state index contributed by atoms with van der Waals surface area (Å²) >= 11 is 0. The van der Waals surface area contributed by atoms with Gasteiger partial charge in [0.05, 0.1) is 0 Å². The van der Waals surface area contributed by atoms with E-state index in [9.17, 15) is 27.6 Å². The maximum atomic E-state index is 12.8. The second-order valence-electron chi connectivity index (χ2n) is 7.05. The summed E-state index contributed by atoms with van der Waals surface area (Å²) in [5.41, 5.74) is 1.56. The van der Waals surface area contributed by atoms with Crippen LogP contribution in [0.15, 0.2) is 0 Å². The standard InChI is InChI=1S/C18H21F3N6O3/c1-10-12(11(2)27-17(23-10)24-16(25-27)18(19,20)21)4-5-13(28)22-8-3-9-26-14(29)6-7-15(26)30/h3-9H2,1-2H3,(H,22,28). The van der Waals surface area contributed by atoms with Crippen LogP contribution in [0.1, 0.15) is 48.5 Å². The van der Waals surface area contributed by atoms with Gasteiger partial charge in [0.15, 0.2) is 0 Å². The molecule has 0 aromatic carbocycles. The molecule has 1 aliphatic heterocycles. The Morgan fingerprint density at radius 2 is 1.80 bits per heavy atom. The van der Waals surface area contributed by atoms with E-state index in [-0.39, 0.29) is 55.7 Å². The lowest BCUT2D eigenvalue weighted by atomic mass is 10.1. The number of amides is 3. The van der Waals surface area contributed by atoms with Crippen LogP contribution in [0.2, 0.25) is 0 Å². The highest BCUT2D eigenvalue weighted by Crippen LogP contribution is 2.27. The van der Waals surface area contributed by atoms with E-state index in [4.69, 9.17) is 0 Å². The highest BCUT2D eigenvalue weighted by molar-refractivity contribution is 6.01. The summed E-state index contributed by atoms with van der Waals surface area (Å²) in [7, 11) is 0. The zero-order valence-electron chi connectivity index (χ0n) is 16.5. The average Bonchev–Trinajstić information content (AvgIpc) is 3.23. The number of alkyl halides is 3. The topological polar surface area (TPSA) is 110 Å². The molecule has 2 aromatic heterocycles. The summed E-state index contributed by atoms with van der Waals surface area (Å²) in [5.74, 6) is -2.04. The van der Waals surface area contributed by atoms with E-state index in [1.54, 1.807) is 13.8 Å². The summed E-state index contributed by atoms with van der Waals surface area (Å²) in [6, 6.07) is 0. The van der Waals surface area contributed by atoms with Gasteiger partial charge in [-0.15, -0.1) is 5.10 Å². The van der Waals surface area contributed by atoms with Crippen molar-refractivity contribution in [2.75, 3.05) is 13.1 Å². The molecule has 1 fully saturated rings. The van der Waals surface area contributed by atoms with Gasteiger partial charge in [0.1, 0.15) is 0 Å². The Bertz CT molecular complexity index is 985. The SMILES string of the molecule is Cc1nc2nc(C(F)(F)F)nn2c(C)c1CCC(=O)NCCCN1C(=O)CCC1=O. The summed E-state index contributed by atoms with van der Waals surface area (Å²) < 4.78 is 39.6. The number of fused-ring (bicyclic) bond motifs is 1. The predicted molar refractivity (Wildman–Crippen MR) is 97.2 cm³/mol. The lowest BCUT2D eigenvalue weighted by Gasteiger charge is -2.14. The molecule has 0 aliphatic carbocycles. The van der Waals surface area contributed by atoms with Crippen LogP contribution in [0.4, 0.5) is 13.2 Å². The van der Waals surface area contributed by atoms with E-state index in [0.29, 0.717) is 29.9 Å². The summed E-state index contributed by atoms with van der Waals surface area (Å²) in [6.07, 6.45) is -3.36. The normalized spacial score (nSPS) is 14.8. The molecule has 1 saturated heterocycles. The third kappa shape index (κ3) is 4.57. The van der Waals surface area contributed by atoms with Crippen molar-refractivity contribution in [3.63, 3.8) is 0 Å². The molecule has 12 heteroatoms. The fourth-order valence-corrected chi connectivity index (χ4v) is 3.35. The Balaban J connectivity index is 1.55. The quantitative estimate of drug-likeness (QED) is 0.529. The minimum Gasteiger partial charge on any atom is -0.356 e. The molecule has 30 heavy (non-hydrogen) atoms. The second kappa shape index (κ2) is 8.36. The summed E-state index contributed by atoms with van der Waals surface area (Å²) in [4.78, 5) is 43.8. The van der Waals surface area contributed by atoms with Gasteiger partial charge in [-0.2, -0.15) is 18.2 Å². The number of aryl methyl sites for hydroxylation is 2. The molecule has 3 rings (SSSR count). The van der Waals surface area contributed by atoms with Crippen molar-refractivity contribution in [1.29, 1.82) is 0 Å². The minimum atomic E-state index is -4.67. The van der Waals surface area contributed by atoms with Crippen LogP contribution in [0.5, 0.6) is 0 Å². The van der Waals surface area contributed by atoms with Gasteiger partial charge in [-0.3, -0.25) is 19.3 Å². The largest absolute Gasteiger partial charge is 0.453 e. The predicted octanol–water partition coefficient (Wildman–Crippen LogP) is 1.35. The molecule has 0 atom stereocenters. The fraction of sp³-hybridized carbons (Fsp3) is 0.556. The first-order chi connectivity index (χ1) is 14.1. The van der Waals surface area contributed by atoms with Gasteiger partial charge >= 0.3 is 6.18 Å². The van der Waals surface area contributed by atoms with E-state index in [0.717, 1.165) is 4.52 Å². The van der Waals surface area contributed by atoms with Crippen molar-refractivity contribution in [1.82, 2.24) is 29.8 Å². The van der Waals surface area contributed by atoms with E-state index >= 15 is 0 Å². The maximum absolute atomic E-state index is 12.8. The average molecular weight is 426 g/mol. The van der Waals surface area contributed by atoms with Crippen molar-refractivity contribution in [2.24, 2.45) is 0 Å². The van der Waals surface area contributed by atoms with E-state index in [2.05, 4.69) is 20.4 Å². The molecule has 162 valence electrons. The van der Waals surface area contributed by atoms with Crippen LogP contribution >= 0.6 is 0 Å². The van der Waals surface area contributed by atoms with E-state index in [1.165, 1.54) is 4.90 Å². The Hall–Kier alpha value is -3.05. The number of imide groups is 1.